The fourth-order valence-corrected chi connectivity index (χ4v) is 3.66. The molecule has 176 valence electrons. The molecule has 0 spiro atoms. The van der Waals surface area contributed by atoms with Crippen LogP contribution in [0.1, 0.15) is 29.5 Å². The SMILES string of the molecule is S=C(NCC1CCCO1)NN=Cc1ccc(OCc2ccccc2)c(OCc2ccccc2)c1. The zero-order valence-electron chi connectivity index (χ0n) is 19.0. The molecular weight excluding hydrogens is 446 g/mol. The molecular formula is C27H29N3O3S. The van der Waals surface area contributed by atoms with Crippen molar-refractivity contribution in [1.82, 2.24) is 10.7 Å². The number of ether oxygens (including phenoxy) is 3. The molecule has 1 aliphatic heterocycles. The summed E-state index contributed by atoms with van der Waals surface area (Å²) >= 11 is 5.29. The molecule has 0 aromatic heterocycles. The minimum Gasteiger partial charge on any atom is -0.485 e. The van der Waals surface area contributed by atoms with Crippen molar-refractivity contribution in [2.24, 2.45) is 5.10 Å². The van der Waals surface area contributed by atoms with Gasteiger partial charge in [0.2, 0.25) is 0 Å². The fourth-order valence-electron chi connectivity index (χ4n) is 3.52. The van der Waals surface area contributed by atoms with Crippen LogP contribution in [0.15, 0.2) is 84.0 Å². The summed E-state index contributed by atoms with van der Waals surface area (Å²) < 4.78 is 17.8. The molecule has 0 aliphatic carbocycles. The number of hydrazone groups is 1. The second kappa shape index (κ2) is 12.7. The van der Waals surface area contributed by atoms with Crippen LogP contribution in [0.4, 0.5) is 0 Å². The van der Waals surface area contributed by atoms with E-state index in [1.54, 1.807) is 6.21 Å². The molecule has 1 atom stereocenters. The maximum atomic E-state index is 6.12. The molecule has 4 rings (SSSR count). The van der Waals surface area contributed by atoms with Crippen LogP contribution >= 0.6 is 12.2 Å². The van der Waals surface area contributed by atoms with Gasteiger partial charge in [-0.1, -0.05) is 60.7 Å². The van der Waals surface area contributed by atoms with E-state index >= 15 is 0 Å². The molecule has 1 unspecified atom stereocenters. The van der Waals surface area contributed by atoms with Gasteiger partial charge in [0.05, 0.1) is 12.3 Å². The molecule has 1 saturated heterocycles. The predicted molar refractivity (Wildman–Crippen MR) is 138 cm³/mol. The minimum atomic E-state index is 0.219. The Morgan fingerprint density at radius 1 is 0.941 bits per heavy atom. The van der Waals surface area contributed by atoms with Crippen molar-refractivity contribution < 1.29 is 14.2 Å². The molecule has 0 amide bonds. The van der Waals surface area contributed by atoms with Crippen LogP contribution in [0.25, 0.3) is 0 Å². The van der Waals surface area contributed by atoms with Gasteiger partial charge in [0.15, 0.2) is 16.6 Å². The lowest BCUT2D eigenvalue weighted by atomic mass is 10.2. The van der Waals surface area contributed by atoms with Crippen LogP contribution in [0.5, 0.6) is 11.5 Å². The normalized spacial score (nSPS) is 15.2. The summed E-state index contributed by atoms with van der Waals surface area (Å²) in [4.78, 5) is 0. The summed E-state index contributed by atoms with van der Waals surface area (Å²) in [6, 6.07) is 25.8. The molecule has 1 aliphatic rings. The van der Waals surface area contributed by atoms with Crippen molar-refractivity contribution in [3.63, 3.8) is 0 Å². The van der Waals surface area contributed by atoms with Crippen molar-refractivity contribution in [3.8, 4) is 11.5 Å². The molecule has 6 nitrogen and oxygen atoms in total. The molecule has 2 N–H and O–H groups in total. The highest BCUT2D eigenvalue weighted by molar-refractivity contribution is 7.80. The quantitative estimate of drug-likeness (QED) is 0.249. The van der Waals surface area contributed by atoms with Crippen molar-refractivity contribution >= 4 is 23.5 Å². The molecule has 34 heavy (non-hydrogen) atoms. The first-order chi connectivity index (χ1) is 16.8. The number of rotatable bonds is 10. The van der Waals surface area contributed by atoms with Gasteiger partial charge in [-0.15, -0.1) is 0 Å². The highest BCUT2D eigenvalue weighted by Gasteiger charge is 2.15. The number of thiocarbonyl (C=S) groups is 1. The van der Waals surface area contributed by atoms with Crippen LogP contribution in [0.3, 0.4) is 0 Å². The van der Waals surface area contributed by atoms with E-state index in [2.05, 4.69) is 15.8 Å². The molecule has 0 bridgehead atoms. The maximum absolute atomic E-state index is 6.12. The zero-order valence-corrected chi connectivity index (χ0v) is 19.8. The van der Waals surface area contributed by atoms with Crippen molar-refractivity contribution in [3.05, 3.63) is 95.6 Å². The predicted octanol–water partition coefficient (Wildman–Crippen LogP) is 4.82. The van der Waals surface area contributed by atoms with Gasteiger partial charge < -0.3 is 19.5 Å². The van der Waals surface area contributed by atoms with Gasteiger partial charge in [-0.2, -0.15) is 5.10 Å². The van der Waals surface area contributed by atoms with Crippen molar-refractivity contribution in [1.29, 1.82) is 0 Å². The highest BCUT2D eigenvalue weighted by atomic mass is 32.1. The lowest BCUT2D eigenvalue weighted by Gasteiger charge is -2.14. The van der Waals surface area contributed by atoms with Gasteiger partial charge in [-0.25, -0.2) is 0 Å². The Morgan fingerprint density at radius 2 is 1.62 bits per heavy atom. The third kappa shape index (κ3) is 7.57. The van der Waals surface area contributed by atoms with Gasteiger partial charge in [0, 0.05) is 13.2 Å². The monoisotopic (exact) mass is 475 g/mol. The van der Waals surface area contributed by atoms with E-state index in [1.807, 2.05) is 78.9 Å². The molecule has 1 fully saturated rings. The second-order valence-corrected chi connectivity index (χ2v) is 8.38. The van der Waals surface area contributed by atoms with E-state index in [0.717, 1.165) is 36.1 Å². The number of benzene rings is 3. The van der Waals surface area contributed by atoms with Crippen molar-refractivity contribution in [2.45, 2.75) is 32.2 Å². The van der Waals surface area contributed by atoms with Gasteiger partial charge >= 0.3 is 0 Å². The summed E-state index contributed by atoms with van der Waals surface area (Å²) in [7, 11) is 0. The maximum Gasteiger partial charge on any atom is 0.187 e. The number of hydrogen-bond acceptors (Lipinski definition) is 5. The number of nitrogens with zero attached hydrogens (tertiary/aromatic N) is 1. The van der Waals surface area contributed by atoms with E-state index in [0.29, 0.717) is 36.4 Å². The van der Waals surface area contributed by atoms with E-state index in [-0.39, 0.29) is 6.10 Å². The van der Waals surface area contributed by atoms with E-state index < -0.39 is 0 Å². The summed E-state index contributed by atoms with van der Waals surface area (Å²) in [5.74, 6) is 1.33. The van der Waals surface area contributed by atoms with E-state index in [1.165, 1.54) is 0 Å². The Labute approximate surface area is 205 Å². The summed E-state index contributed by atoms with van der Waals surface area (Å²) in [5.41, 5.74) is 5.90. The number of hydrogen-bond donors (Lipinski definition) is 2. The van der Waals surface area contributed by atoms with Crippen LogP contribution in [0.2, 0.25) is 0 Å². The second-order valence-electron chi connectivity index (χ2n) is 7.97. The molecule has 0 saturated carbocycles. The minimum absolute atomic E-state index is 0.219. The Morgan fingerprint density at radius 3 is 2.26 bits per heavy atom. The first kappa shape index (κ1) is 23.7. The van der Waals surface area contributed by atoms with Crippen molar-refractivity contribution in [2.75, 3.05) is 13.2 Å². The first-order valence-corrected chi connectivity index (χ1v) is 11.8. The topological polar surface area (TPSA) is 64.1 Å². The molecule has 7 heteroatoms. The Bertz CT molecular complexity index is 1070. The third-order valence-electron chi connectivity index (χ3n) is 5.34. The first-order valence-electron chi connectivity index (χ1n) is 11.4. The molecule has 1 heterocycles. The Balaban J connectivity index is 1.38. The standard InChI is InChI=1S/C27H29N3O3S/c34-27(28-18-24-12-7-15-31-24)30-29-17-23-13-14-25(32-19-21-8-3-1-4-9-21)26(16-23)33-20-22-10-5-2-6-11-22/h1-6,8-11,13-14,16-17,24H,7,12,15,18-20H2,(H2,28,30,34). The van der Waals surface area contributed by atoms with Crippen LogP contribution in [-0.2, 0) is 18.0 Å². The fraction of sp³-hybridized carbons (Fsp3) is 0.259. The van der Waals surface area contributed by atoms with Crippen LogP contribution in [0, 0.1) is 0 Å². The lowest BCUT2D eigenvalue weighted by Crippen LogP contribution is -2.37. The highest BCUT2D eigenvalue weighted by Crippen LogP contribution is 2.29. The summed E-state index contributed by atoms with van der Waals surface area (Å²) in [5, 5.41) is 7.86. The van der Waals surface area contributed by atoms with E-state index in [9.17, 15) is 0 Å². The Kier molecular flexibility index (Phi) is 8.88. The van der Waals surface area contributed by atoms with Crippen LogP contribution < -0.4 is 20.2 Å². The average molecular weight is 476 g/mol. The smallest absolute Gasteiger partial charge is 0.187 e. The van der Waals surface area contributed by atoms with E-state index in [4.69, 9.17) is 26.4 Å². The lowest BCUT2D eigenvalue weighted by molar-refractivity contribution is 0.114. The van der Waals surface area contributed by atoms with Gasteiger partial charge in [0.25, 0.3) is 0 Å². The average Bonchev–Trinajstić information content (AvgIpc) is 3.41. The zero-order chi connectivity index (χ0) is 23.4. The summed E-state index contributed by atoms with van der Waals surface area (Å²) in [6.45, 7) is 2.41. The Hall–Kier alpha value is -3.42. The van der Waals surface area contributed by atoms with Gasteiger partial charge in [0.1, 0.15) is 13.2 Å². The van der Waals surface area contributed by atoms with Gasteiger partial charge in [-0.05, 0) is 59.9 Å². The molecule has 3 aromatic carbocycles. The largest absolute Gasteiger partial charge is 0.485 e. The van der Waals surface area contributed by atoms with Gasteiger partial charge in [-0.3, -0.25) is 5.43 Å². The molecule has 0 radical (unpaired) electrons. The molecule has 3 aromatic rings. The number of nitrogens with one attached hydrogen (secondary N) is 2. The third-order valence-corrected chi connectivity index (χ3v) is 5.57. The van der Waals surface area contributed by atoms with Crippen LogP contribution in [-0.4, -0.2) is 30.6 Å². The summed E-state index contributed by atoms with van der Waals surface area (Å²) in [6.07, 6.45) is 4.08.